The van der Waals surface area contributed by atoms with E-state index in [2.05, 4.69) is 5.32 Å². The Kier molecular flexibility index (Phi) is 6.12. The van der Waals surface area contributed by atoms with Crippen LogP contribution in [0.5, 0.6) is 0 Å². The molecule has 0 radical (unpaired) electrons. The highest BCUT2D eigenvalue weighted by atomic mass is 19.4. The van der Waals surface area contributed by atoms with Crippen molar-refractivity contribution in [2.45, 2.75) is 51.7 Å². The molecular formula is C9H18F3N. The summed E-state index contributed by atoms with van der Waals surface area (Å²) in [5, 5.41) is 2.54. The molecule has 0 aliphatic rings. The van der Waals surface area contributed by atoms with Crippen LogP contribution in [0.4, 0.5) is 13.2 Å². The quantitative estimate of drug-likeness (QED) is 0.690. The molecule has 0 aliphatic carbocycles. The smallest absolute Gasteiger partial charge is 0.306 e. The number of hydrogen-bond donors (Lipinski definition) is 1. The molecule has 0 unspecified atom stereocenters. The Labute approximate surface area is 77.7 Å². The highest BCUT2D eigenvalue weighted by Gasteiger charge is 2.27. The van der Waals surface area contributed by atoms with Crippen LogP contribution in [0.15, 0.2) is 0 Å². The van der Waals surface area contributed by atoms with E-state index in [1.54, 1.807) is 0 Å². The summed E-state index contributed by atoms with van der Waals surface area (Å²) in [6.45, 7) is 3.10. The van der Waals surface area contributed by atoms with Crippen molar-refractivity contribution in [1.82, 2.24) is 5.32 Å². The number of rotatable bonds is 6. The van der Waals surface area contributed by atoms with Crippen molar-refractivity contribution in [2.24, 2.45) is 0 Å². The normalized spacial score (nSPS) is 12.5. The van der Waals surface area contributed by atoms with Crippen molar-refractivity contribution in [1.29, 1.82) is 0 Å². The lowest BCUT2D eigenvalue weighted by atomic mass is 10.1. The van der Waals surface area contributed by atoms with Crippen molar-refractivity contribution >= 4 is 0 Å². The van der Waals surface area contributed by atoms with Gasteiger partial charge in [0.15, 0.2) is 0 Å². The third kappa shape index (κ3) is 8.09. The first-order valence-corrected chi connectivity index (χ1v) is 4.79. The third-order valence-electron chi connectivity index (χ3n) is 1.87. The van der Waals surface area contributed by atoms with E-state index in [9.17, 15) is 13.2 Å². The molecule has 0 bridgehead atoms. The first kappa shape index (κ1) is 12.8. The van der Waals surface area contributed by atoms with Crippen LogP contribution in [0.3, 0.4) is 0 Å². The Morgan fingerprint density at radius 1 is 1.08 bits per heavy atom. The Hall–Kier alpha value is -0.250. The summed E-state index contributed by atoms with van der Waals surface area (Å²) in [6.07, 6.45) is -0.585. The van der Waals surface area contributed by atoms with Gasteiger partial charge in [0.05, 0.1) is 6.54 Å². The summed E-state index contributed by atoms with van der Waals surface area (Å²) in [5.41, 5.74) is 0. The average molecular weight is 197 g/mol. The van der Waals surface area contributed by atoms with E-state index in [-0.39, 0.29) is 6.04 Å². The van der Waals surface area contributed by atoms with Gasteiger partial charge in [0, 0.05) is 6.04 Å². The van der Waals surface area contributed by atoms with Gasteiger partial charge in [0.2, 0.25) is 0 Å². The fraction of sp³-hybridized carbons (Fsp3) is 1.00. The second kappa shape index (κ2) is 6.24. The minimum Gasteiger partial charge on any atom is -0.306 e. The van der Waals surface area contributed by atoms with Gasteiger partial charge in [-0.3, -0.25) is 0 Å². The molecule has 0 amide bonds. The standard InChI is InChI=1S/C9H18F3N/c1-3-5-8(6-4-2)13-7-9(10,11)12/h8,13H,3-7H2,1-2H3. The van der Waals surface area contributed by atoms with Crippen molar-refractivity contribution < 1.29 is 13.2 Å². The van der Waals surface area contributed by atoms with Gasteiger partial charge < -0.3 is 5.32 Å². The maximum atomic E-state index is 11.8. The van der Waals surface area contributed by atoms with Gasteiger partial charge in [0.1, 0.15) is 0 Å². The molecule has 0 spiro atoms. The molecule has 1 N–H and O–H groups in total. The zero-order valence-corrected chi connectivity index (χ0v) is 8.25. The van der Waals surface area contributed by atoms with Crippen LogP contribution in [-0.4, -0.2) is 18.8 Å². The van der Waals surface area contributed by atoms with Crippen LogP contribution in [0.1, 0.15) is 39.5 Å². The monoisotopic (exact) mass is 197 g/mol. The largest absolute Gasteiger partial charge is 0.401 e. The molecule has 0 aromatic rings. The highest BCUT2D eigenvalue weighted by Crippen LogP contribution is 2.14. The molecule has 0 fully saturated rings. The molecule has 0 aromatic carbocycles. The molecular weight excluding hydrogens is 179 g/mol. The van der Waals surface area contributed by atoms with E-state index < -0.39 is 12.7 Å². The zero-order chi connectivity index (χ0) is 10.3. The van der Waals surface area contributed by atoms with E-state index in [0.29, 0.717) is 0 Å². The van der Waals surface area contributed by atoms with Crippen molar-refractivity contribution in [2.75, 3.05) is 6.54 Å². The van der Waals surface area contributed by atoms with Crippen LogP contribution in [-0.2, 0) is 0 Å². The van der Waals surface area contributed by atoms with Crippen LogP contribution < -0.4 is 5.32 Å². The Morgan fingerprint density at radius 3 is 1.85 bits per heavy atom. The molecule has 0 saturated heterocycles. The van der Waals surface area contributed by atoms with Gasteiger partial charge in [-0.05, 0) is 12.8 Å². The van der Waals surface area contributed by atoms with Gasteiger partial charge in [-0.1, -0.05) is 26.7 Å². The molecule has 4 heteroatoms. The van der Waals surface area contributed by atoms with Crippen LogP contribution in [0.2, 0.25) is 0 Å². The van der Waals surface area contributed by atoms with Crippen molar-refractivity contribution in [3.8, 4) is 0 Å². The van der Waals surface area contributed by atoms with E-state index in [1.165, 1.54) is 0 Å². The van der Waals surface area contributed by atoms with Gasteiger partial charge in [-0.15, -0.1) is 0 Å². The van der Waals surface area contributed by atoms with E-state index in [0.717, 1.165) is 25.7 Å². The molecule has 13 heavy (non-hydrogen) atoms. The third-order valence-corrected chi connectivity index (χ3v) is 1.87. The van der Waals surface area contributed by atoms with Gasteiger partial charge in [-0.25, -0.2) is 0 Å². The first-order valence-electron chi connectivity index (χ1n) is 4.79. The molecule has 0 heterocycles. The Bertz CT molecular complexity index is 117. The molecule has 0 atom stereocenters. The molecule has 0 rings (SSSR count). The SMILES string of the molecule is CCCC(CCC)NCC(F)(F)F. The zero-order valence-electron chi connectivity index (χ0n) is 8.25. The van der Waals surface area contributed by atoms with E-state index in [1.807, 2.05) is 13.8 Å². The minimum atomic E-state index is -4.08. The molecule has 80 valence electrons. The fourth-order valence-electron chi connectivity index (χ4n) is 1.31. The van der Waals surface area contributed by atoms with Crippen LogP contribution in [0.25, 0.3) is 0 Å². The van der Waals surface area contributed by atoms with Crippen LogP contribution >= 0.6 is 0 Å². The maximum Gasteiger partial charge on any atom is 0.401 e. The Balaban J connectivity index is 3.68. The van der Waals surface area contributed by atoms with E-state index in [4.69, 9.17) is 0 Å². The lowest BCUT2D eigenvalue weighted by Gasteiger charge is -2.18. The fourth-order valence-corrected chi connectivity index (χ4v) is 1.31. The predicted molar refractivity (Wildman–Crippen MR) is 47.7 cm³/mol. The van der Waals surface area contributed by atoms with Gasteiger partial charge in [0.25, 0.3) is 0 Å². The first-order chi connectivity index (χ1) is 5.99. The summed E-state index contributed by atoms with van der Waals surface area (Å²) >= 11 is 0. The Morgan fingerprint density at radius 2 is 1.54 bits per heavy atom. The number of hydrogen-bond acceptors (Lipinski definition) is 1. The summed E-state index contributed by atoms with van der Waals surface area (Å²) in [7, 11) is 0. The summed E-state index contributed by atoms with van der Waals surface area (Å²) in [6, 6.07) is 0.0247. The lowest BCUT2D eigenvalue weighted by Crippen LogP contribution is -2.36. The summed E-state index contributed by atoms with van der Waals surface area (Å²) in [4.78, 5) is 0. The lowest BCUT2D eigenvalue weighted by molar-refractivity contribution is -0.126. The van der Waals surface area contributed by atoms with Crippen molar-refractivity contribution in [3.63, 3.8) is 0 Å². The average Bonchev–Trinajstić information content (AvgIpc) is 2.00. The van der Waals surface area contributed by atoms with E-state index >= 15 is 0 Å². The molecule has 1 nitrogen and oxygen atoms in total. The predicted octanol–water partition coefficient (Wildman–Crippen LogP) is 3.11. The summed E-state index contributed by atoms with van der Waals surface area (Å²) < 4.78 is 35.5. The van der Waals surface area contributed by atoms with Crippen molar-refractivity contribution in [3.05, 3.63) is 0 Å². The second-order valence-corrected chi connectivity index (χ2v) is 3.27. The molecule has 0 saturated carbocycles. The molecule has 0 aromatic heterocycles. The molecule has 0 aliphatic heterocycles. The summed E-state index contributed by atoms with van der Waals surface area (Å²) in [5.74, 6) is 0. The second-order valence-electron chi connectivity index (χ2n) is 3.27. The van der Waals surface area contributed by atoms with Crippen LogP contribution in [0, 0.1) is 0 Å². The number of nitrogens with one attached hydrogen (secondary N) is 1. The minimum absolute atomic E-state index is 0.0247. The van der Waals surface area contributed by atoms with Gasteiger partial charge >= 0.3 is 6.18 Å². The number of alkyl halides is 3. The maximum absolute atomic E-state index is 11.8. The highest BCUT2D eigenvalue weighted by molar-refractivity contribution is 4.67. The number of halogens is 3. The van der Waals surface area contributed by atoms with Gasteiger partial charge in [-0.2, -0.15) is 13.2 Å². The topological polar surface area (TPSA) is 12.0 Å².